The smallest absolute Gasteiger partial charge is 0.218 e. The Morgan fingerprint density at radius 1 is 1.26 bits per heavy atom. The Bertz CT molecular complexity index is 305. The van der Waals surface area contributed by atoms with E-state index in [1.807, 2.05) is 13.8 Å². The second-order valence-electron chi connectivity index (χ2n) is 5.44. The lowest BCUT2D eigenvalue weighted by molar-refractivity contribution is -0.174. The molecule has 0 saturated heterocycles. The quantitative estimate of drug-likeness (QED) is 0.527. The van der Waals surface area contributed by atoms with Crippen LogP contribution in [0.2, 0.25) is 0 Å². The molecule has 0 aromatic rings. The highest BCUT2D eigenvalue weighted by Crippen LogP contribution is 2.33. The van der Waals surface area contributed by atoms with Crippen molar-refractivity contribution in [2.24, 2.45) is 17.8 Å². The summed E-state index contributed by atoms with van der Waals surface area (Å²) in [6, 6.07) is 0. The molecule has 1 saturated carbocycles. The molecular weight excluding hydrogens is 244 g/mol. The van der Waals surface area contributed by atoms with Gasteiger partial charge in [-0.2, -0.15) is 0 Å². The van der Waals surface area contributed by atoms with E-state index in [4.69, 9.17) is 9.47 Å². The van der Waals surface area contributed by atoms with Crippen molar-refractivity contribution in [1.82, 2.24) is 0 Å². The Kier molecular flexibility index (Phi) is 6.66. The van der Waals surface area contributed by atoms with Crippen molar-refractivity contribution in [1.29, 1.82) is 0 Å². The summed E-state index contributed by atoms with van der Waals surface area (Å²) >= 11 is 0. The third-order valence-electron chi connectivity index (χ3n) is 3.84. The summed E-state index contributed by atoms with van der Waals surface area (Å²) < 4.78 is 10.6. The molecular formula is C15H26O4. The highest BCUT2D eigenvalue weighted by molar-refractivity contribution is 6.04. The van der Waals surface area contributed by atoms with Gasteiger partial charge >= 0.3 is 0 Å². The maximum Gasteiger partial charge on any atom is 0.218 e. The van der Waals surface area contributed by atoms with Gasteiger partial charge in [-0.15, -0.1) is 0 Å². The third-order valence-corrected chi connectivity index (χ3v) is 3.84. The van der Waals surface area contributed by atoms with Gasteiger partial charge in [0.2, 0.25) is 6.29 Å². The maximum atomic E-state index is 12.4. The van der Waals surface area contributed by atoms with Crippen LogP contribution in [0.4, 0.5) is 0 Å². The fraction of sp³-hybridized carbons (Fsp3) is 0.867. The van der Waals surface area contributed by atoms with Crippen molar-refractivity contribution >= 4 is 11.6 Å². The van der Waals surface area contributed by atoms with Crippen LogP contribution >= 0.6 is 0 Å². The van der Waals surface area contributed by atoms with Crippen LogP contribution in [0.25, 0.3) is 0 Å². The summed E-state index contributed by atoms with van der Waals surface area (Å²) in [6.07, 6.45) is 1.17. The van der Waals surface area contributed by atoms with Gasteiger partial charge in [-0.05, 0) is 38.5 Å². The minimum Gasteiger partial charge on any atom is -0.346 e. The van der Waals surface area contributed by atoms with Crippen LogP contribution in [0.3, 0.4) is 0 Å². The number of carbonyl (C=O) groups excluding carboxylic acids is 2. The van der Waals surface area contributed by atoms with E-state index in [9.17, 15) is 9.59 Å². The van der Waals surface area contributed by atoms with Crippen molar-refractivity contribution in [3.05, 3.63) is 0 Å². The van der Waals surface area contributed by atoms with Crippen molar-refractivity contribution in [3.63, 3.8) is 0 Å². The van der Waals surface area contributed by atoms with E-state index in [0.29, 0.717) is 37.9 Å². The molecule has 0 aromatic carbocycles. The second-order valence-corrected chi connectivity index (χ2v) is 5.44. The Balaban J connectivity index is 2.73. The minimum atomic E-state index is -0.880. The number of ketones is 2. The largest absolute Gasteiger partial charge is 0.346 e. The van der Waals surface area contributed by atoms with E-state index in [2.05, 4.69) is 13.8 Å². The first kappa shape index (κ1) is 16.3. The molecule has 1 aliphatic rings. The predicted octanol–water partition coefficient (Wildman–Crippen LogP) is 2.60. The van der Waals surface area contributed by atoms with Gasteiger partial charge in [0.1, 0.15) is 5.78 Å². The van der Waals surface area contributed by atoms with E-state index in [1.165, 1.54) is 0 Å². The summed E-state index contributed by atoms with van der Waals surface area (Å²) in [5.41, 5.74) is 0. The molecule has 1 fully saturated rings. The molecule has 1 aliphatic carbocycles. The van der Waals surface area contributed by atoms with Gasteiger partial charge in [0.05, 0.1) is 5.92 Å². The van der Waals surface area contributed by atoms with Crippen molar-refractivity contribution in [2.45, 2.75) is 53.2 Å². The monoisotopic (exact) mass is 270 g/mol. The van der Waals surface area contributed by atoms with Crippen LogP contribution in [0.15, 0.2) is 0 Å². The molecule has 0 spiro atoms. The molecule has 0 heterocycles. The Morgan fingerprint density at radius 2 is 1.84 bits per heavy atom. The molecule has 0 amide bonds. The molecule has 0 radical (unpaired) electrons. The molecule has 0 bridgehead atoms. The minimum absolute atomic E-state index is 0.0475. The zero-order valence-corrected chi connectivity index (χ0v) is 12.5. The third kappa shape index (κ3) is 4.39. The Morgan fingerprint density at radius 3 is 2.32 bits per heavy atom. The van der Waals surface area contributed by atoms with Gasteiger partial charge in [-0.1, -0.05) is 13.8 Å². The van der Waals surface area contributed by atoms with E-state index in [0.717, 1.165) is 6.42 Å². The average molecular weight is 270 g/mol. The second kappa shape index (κ2) is 7.75. The van der Waals surface area contributed by atoms with Crippen LogP contribution in [0.5, 0.6) is 0 Å². The number of hydrogen-bond acceptors (Lipinski definition) is 4. The maximum absolute atomic E-state index is 12.4. The molecule has 110 valence electrons. The van der Waals surface area contributed by atoms with E-state index in [1.54, 1.807) is 0 Å². The highest BCUT2D eigenvalue weighted by atomic mass is 16.7. The molecule has 1 rings (SSSR count). The fourth-order valence-electron chi connectivity index (χ4n) is 2.61. The molecule has 0 aliphatic heterocycles. The topological polar surface area (TPSA) is 52.6 Å². The molecule has 4 nitrogen and oxygen atoms in total. The van der Waals surface area contributed by atoms with Gasteiger partial charge in [-0.25, -0.2) is 0 Å². The Labute approximate surface area is 115 Å². The van der Waals surface area contributed by atoms with Crippen LogP contribution in [-0.2, 0) is 19.1 Å². The Hall–Kier alpha value is -0.740. The first-order valence-corrected chi connectivity index (χ1v) is 7.30. The van der Waals surface area contributed by atoms with Crippen molar-refractivity contribution in [3.8, 4) is 0 Å². The van der Waals surface area contributed by atoms with Gasteiger partial charge in [0.15, 0.2) is 5.78 Å². The zero-order chi connectivity index (χ0) is 14.4. The molecule has 2 unspecified atom stereocenters. The van der Waals surface area contributed by atoms with Gasteiger partial charge < -0.3 is 9.47 Å². The summed E-state index contributed by atoms with van der Waals surface area (Å²) in [4.78, 5) is 24.4. The summed E-state index contributed by atoms with van der Waals surface area (Å²) in [5, 5.41) is 0. The summed E-state index contributed by atoms with van der Waals surface area (Å²) in [7, 11) is 0. The molecule has 4 heteroatoms. The number of Topliss-reactive ketones (excluding diaryl/α,β-unsaturated/α-hetero) is 2. The lowest BCUT2D eigenvalue weighted by atomic mass is 9.74. The predicted molar refractivity (Wildman–Crippen MR) is 72.7 cm³/mol. The van der Waals surface area contributed by atoms with Gasteiger partial charge in [0, 0.05) is 19.6 Å². The highest BCUT2D eigenvalue weighted by Gasteiger charge is 2.38. The number of ether oxygens (including phenoxy) is 2. The standard InChI is InChI=1S/C15H26O4/c1-5-18-15(19-6-2)14(17)12-9-11(10(3)4)7-8-13(12)16/h10-12,15H,5-9H2,1-4H3. The first-order chi connectivity index (χ1) is 9.01. The molecule has 2 atom stereocenters. The lowest BCUT2D eigenvalue weighted by Crippen LogP contribution is -2.40. The van der Waals surface area contributed by atoms with Crippen molar-refractivity contribution in [2.75, 3.05) is 13.2 Å². The van der Waals surface area contributed by atoms with Gasteiger partial charge in [0.25, 0.3) is 0 Å². The lowest BCUT2D eigenvalue weighted by Gasteiger charge is -2.31. The van der Waals surface area contributed by atoms with Crippen LogP contribution < -0.4 is 0 Å². The SMILES string of the molecule is CCOC(OCC)C(=O)C1CC(C(C)C)CCC1=O. The zero-order valence-electron chi connectivity index (χ0n) is 12.5. The first-order valence-electron chi connectivity index (χ1n) is 7.30. The number of rotatable bonds is 7. The number of carbonyl (C=O) groups is 2. The summed E-state index contributed by atoms with van der Waals surface area (Å²) in [6.45, 7) is 8.74. The average Bonchev–Trinajstić information content (AvgIpc) is 2.38. The van der Waals surface area contributed by atoms with Crippen LogP contribution in [-0.4, -0.2) is 31.1 Å². The summed E-state index contributed by atoms with van der Waals surface area (Å²) in [5.74, 6) is 0.256. The van der Waals surface area contributed by atoms with E-state index >= 15 is 0 Å². The van der Waals surface area contributed by atoms with Crippen LogP contribution in [0.1, 0.15) is 47.0 Å². The van der Waals surface area contributed by atoms with Gasteiger partial charge in [-0.3, -0.25) is 9.59 Å². The van der Waals surface area contributed by atoms with Crippen LogP contribution in [0, 0.1) is 17.8 Å². The van der Waals surface area contributed by atoms with Crippen molar-refractivity contribution < 1.29 is 19.1 Å². The molecule has 19 heavy (non-hydrogen) atoms. The van der Waals surface area contributed by atoms with E-state index < -0.39 is 12.2 Å². The van der Waals surface area contributed by atoms with E-state index in [-0.39, 0.29) is 11.6 Å². The molecule has 0 aromatic heterocycles. The normalized spacial score (nSPS) is 24.2. The number of hydrogen-bond donors (Lipinski definition) is 0. The fourth-order valence-corrected chi connectivity index (χ4v) is 2.61. The molecule has 0 N–H and O–H groups in total.